The fraction of sp³-hybridized carbons (Fsp3) is 0.222. The molecule has 0 unspecified atom stereocenters. The van der Waals surface area contributed by atoms with E-state index in [0.717, 1.165) is 30.3 Å². The van der Waals surface area contributed by atoms with Crippen molar-refractivity contribution in [1.29, 1.82) is 0 Å². The van der Waals surface area contributed by atoms with E-state index in [1.54, 1.807) is 0 Å². The van der Waals surface area contributed by atoms with Crippen molar-refractivity contribution in [2.45, 2.75) is 19.2 Å². The van der Waals surface area contributed by atoms with Gasteiger partial charge in [0.1, 0.15) is 5.69 Å². The van der Waals surface area contributed by atoms with Crippen molar-refractivity contribution in [3.8, 4) is 0 Å². The highest BCUT2D eigenvalue weighted by molar-refractivity contribution is 5.97. The first-order valence-electron chi connectivity index (χ1n) is 8.18. The van der Waals surface area contributed by atoms with Crippen molar-refractivity contribution >= 4 is 28.9 Å². The van der Waals surface area contributed by atoms with Gasteiger partial charge in [0.25, 0.3) is 11.6 Å². The van der Waals surface area contributed by atoms with Gasteiger partial charge in [-0.2, -0.15) is 13.2 Å². The van der Waals surface area contributed by atoms with Crippen LogP contribution in [0.1, 0.15) is 22.8 Å². The number of nitro benzene ring substituents is 1. The number of benzene rings is 2. The summed E-state index contributed by atoms with van der Waals surface area (Å²) in [5, 5.41) is 16.0. The van der Waals surface area contributed by atoms with Crippen LogP contribution < -0.4 is 10.6 Å². The summed E-state index contributed by atoms with van der Waals surface area (Å²) in [5.41, 5.74) is -1.07. The lowest BCUT2D eigenvalue weighted by Gasteiger charge is -2.14. The van der Waals surface area contributed by atoms with Crippen LogP contribution in [0.3, 0.4) is 0 Å². The van der Waals surface area contributed by atoms with E-state index in [4.69, 9.17) is 4.74 Å². The maximum Gasteiger partial charge on any atom is 0.416 e. The number of hydrogen-bond acceptors (Lipinski definition) is 6. The number of carbonyl (C=O) groups excluding carboxylic acids is 2. The van der Waals surface area contributed by atoms with E-state index in [0.29, 0.717) is 0 Å². The summed E-state index contributed by atoms with van der Waals surface area (Å²) in [7, 11) is 1.48. The lowest BCUT2D eigenvalue weighted by Crippen LogP contribution is -2.30. The third-order valence-corrected chi connectivity index (χ3v) is 3.83. The summed E-state index contributed by atoms with van der Waals surface area (Å²) in [5.74, 6) is -1.75. The Morgan fingerprint density at radius 1 is 1.14 bits per heavy atom. The zero-order valence-corrected chi connectivity index (χ0v) is 15.2. The van der Waals surface area contributed by atoms with Crippen molar-refractivity contribution in [3.05, 3.63) is 63.7 Å². The fourth-order valence-corrected chi connectivity index (χ4v) is 2.29. The zero-order valence-electron chi connectivity index (χ0n) is 15.2. The van der Waals surface area contributed by atoms with Crippen molar-refractivity contribution in [2.24, 2.45) is 0 Å². The topological polar surface area (TPSA) is 111 Å². The van der Waals surface area contributed by atoms with Gasteiger partial charge < -0.3 is 15.4 Å². The highest BCUT2D eigenvalue weighted by Gasteiger charge is 2.30. The van der Waals surface area contributed by atoms with Crippen LogP contribution in [0.15, 0.2) is 42.5 Å². The summed E-state index contributed by atoms with van der Waals surface area (Å²) in [6.45, 7) is 1.26. The van der Waals surface area contributed by atoms with Gasteiger partial charge in [-0.05, 0) is 43.3 Å². The summed E-state index contributed by atoms with van der Waals surface area (Å²) in [6, 6.07) is 7.35. The number of rotatable bonds is 6. The minimum atomic E-state index is -4.50. The predicted octanol–water partition coefficient (Wildman–Crippen LogP) is 3.84. The van der Waals surface area contributed by atoms with Crippen molar-refractivity contribution in [3.63, 3.8) is 0 Å². The molecular weight excluding hydrogens is 395 g/mol. The van der Waals surface area contributed by atoms with Crippen LogP contribution in [0.4, 0.5) is 30.2 Å². The SMILES string of the molecule is CNc1ccc(C(=O)O[C@@H](C)C(=O)Nc2ccc(C(F)(F)F)cc2)cc1[N+](=O)[O-]. The number of nitro groups is 1. The highest BCUT2D eigenvalue weighted by Crippen LogP contribution is 2.30. The Labute approximate surface area is 162 Å². The van der Waals surface area contributed by atoms with Gasteiger partial charge >= 0.3 is 12.1 Å². The van der Waals surface area contributed by atoms with Crippen LogP contribution in [-0.4, -0.2) is 30.0 Å². The van der Waals surface area contributed by atoms with Crippen LogP contribution in [-0.2, 0) is 15.7 Å². The second-order valence-corrected chi connectivity index (χ2v) is 5.85. The molecule has 0 saturated heterocycles. The van der Waals surface area contributed by atoms with Gasteiger partial charge in [-0.15, -0.1) is 0 Å². The third-order valence-electron chi connectivity index (χ3n) is 3.83. The fourth-order valence-electron chi connectivity index (χ4n) is 2.29. The molecule has 0 aliphatic rings. The van der Waals surface area contributed by atoms with E-state index >= 15 is 0 Å². The standard InChI is InChI=1S/C18H16F3N3O5/c1-10(16(25)23-13-6-4-12(5-7-13)18(19,20)21)29-17(26)11-3-8-14(22-2)15(9-11)24(27)28/h3-10,22H,1-2H3,(H,23,25)/t10-/m0/s1. The summed E-state index contributed by atoms with van der Waals surface area (Å²) < 4.78 is 42.6. The van der Waals surface area contributed by atoms with Crippen LogP contribution >= 0.6 is 0 Å². The average molecular weight is 411 g/mol. The Bertz CT molecular complexity index is 929. The molecular formula is C18H16F3N3O5. The normalized spacial score (nSPS) is 12.0. The van der Waals surface area contributed by atoms with Gasteiger partial charge in [-0.3, -0.25) is 14.9 Å². The van der Waals surface area contributed by atoms with E-state index < -0.39 is 34.6 Å². The van der Waals surface area contributed by atoms with Gasteiger partial charge in [0.2, 0.25) is 0 Å². The zero-order chi connectivity index (χ0) is 21.8. The van der Waals surface area contributed by atoms with E-state index in [1.165, 1.54) is 26.1 Å². The molecule has 1 atom stereocenters. The molecule has 29 heavy (non-hydrogen) atoms. The molecule has 11 heteroatoms. The third kappa shape index (κ3) is 5.43. The van der Waals surface area contributed by atoms with E-state index in [-0.39, 0.29) is 22.6 Å². The monoisotopic (exact) mass is 411 g/mol. The van der Waals surface area contributed by atoms with Gasteiger partial charge in [0, 0.05) is 18.8 Å². The quantitative estimate of drug-likeness (QED) is 0.425. The Balaban J connectivity index is 2.04. The molecule has 0 aromatic heterocycles. The number of carbonyl (C=O) groups is 2. The second-order valence-electron chi connectivity index (χ2n) is 5.85. The largest absolute Gasteiger partial charge is 0.449 e. The molecule has 0 aliphatic carbocycles. The number of ether oxygens (including phenoxy) is 1. The number of halogens is 3. The molecule has 0 fully saturated rings. The van der Waals surface area contributed by atoms with Crippen molar-refractivity contribution in [1.82, 2.24) is 0 Å². The predicted molar refractivity (Wildman–Crippen MR) is 97.6 cm³/mol. The lowest BCUT2D eigenvalue weighted by molar-refractivity contribution is -0.384. The Hall–Kier alpha value is -3.63. The van der Waals surface area contributed by atoms with Crippen LogP contribution in [0.5, 0.6) is 0 Å². The molecule has 0 heterocycles. The Kier molecular flexibility index (Phi) is 6.42. The molecule has 2 aromatic rings. The number of nitrogens with zero attached hydrogens (tertiary/aromatic N) is 1. The van der Waals surface area contributed by atoms with Gasteiger partial charge in [-0.1, -0.05) is 0 Å². The summed E-state index contributed by atoms with van der Waals surface area (Å²) in [4.78, 5) is 34.7. The van der Waals surface area contributed by atoms with Crippen LogP contribution in [0.2, 0.25) is 0 Å². The number of nitrogens with one attached hydrogen (secondary N) is 2. The summed E-state index contributed by atoms with van der Waals surface area (Å²) >= 11 is 0. The van der Waals surface area contributed by atoms with Crippen LogP contribution in [0, 0.1) is 10.1 Å². The van der Waals surface area contributed by atoms with Gasteiger partial charge in [0.15, 0.2) is 6.10 Å². The molecule has 0 spiro atoms. The molecule has 1 amide bonds. The average Bonchev–Trinajstić information content (AvgIpc) is 2.66. The molecule has 8 nitrogen and oxygen atoms in total. The van der Waals surface area contributed by atoms with Crippen molar-refractivity contribution in [2.75, 3.05) is 17.7 Å². The maximum absolute atomic E-state index is 12.6. The number of alkyl halides is 3. The number of hydrogen-bond donors (Lipinski definition) is 2. The molecule has 0 saturated carbocycles. The van der Waals surface area contributed by atoms with Crippen molar-refractivity contribution < 1.29 is 32.4 Å². The number of amides is 1. The maximum atomic E-state index is 12.6. The minimum absolute atomic E-state index is 0.0832. The molecule has 2 N–H and O–H groups in total. The molecule has 0 bridgehead atoms. The first kappa shape index (κ1) is 21.7. The highest BCUT2D eigenvalue weighted by atomic mass is 19.4. The van der Waals surface area contributed by atoms with E-state index in [2.05, 4.69) is 10.6 Å². The van der Waals surface area contributed by atoms with E-state index in [1.807, 2.05) is 0 Å². The first-order valence-corrected chi connectivity index (χ1v) is 8.18. The minimum Gasteiger partial charge on any atom is -0.449 e. The van der Waals surface area contributed by atoms with Gasteiger partial charge in [0.05, 0.1) is 16.1 Å². The Morgan fingerprint density at radius 2 is 1.76 bits per heavy atom. The lowest BCUT2D eigenvalue weighted by atomic mass is 10.1. The second kappa shape index (κ2) is 8.59. The van der Waals surface area contributed by atoms with E-state index in [9.17, 15) is 32.9 Å². The first-order chi connectivity index (χ1) is 13.5. The molecule has 0 radical (unpaired) electrons. The van der Waals surface area contributed by atoms with Crippen LogP contribution in [0.25, 0.3) is 0 Å². The number of esters is 1. The summed E-state index contributed by atoms with van der Waals surface area (Å²) in [6.07, 6.45) is -5.80. The molecule has 0 aliphatic heterocycles. The molecule has 2 aromatic carbocycles. The molecule has 154 valence electrons. The smallest absolute Gasteiger partial charge is 0.416 e. The molecule has 2 rings (SSSR count). The number of anilines is 2. The Morgan fingerprint density at radius 3 is 2.28 bits per heavy atom. The van der Waals surface area contributed by atoms with Gasteiger partial charge in [-0.25, -0.2) is 4.79 Å².